The molecule has 2 atom stereocenters. The molecular weight excluding hydrogens is 196 g/mol. The van der Waals surface area contributed by atoms with E-state index in [1.165, 1.54) is 0 Å². The highest BCUT2D eigenvalue weighted by Crippen LogP contribution is 2.26. The molecule has 15 heavy (non-hydrogen) atoms. The van der Waals surface area contributed by atoms with Crippen molar-refractivity contribution in [3.63, 3.8) is 0 Å². The van der Waals surface area contributed by atoms with Gasteiger partial charge in [-0.1, -0.05) is 13.3 Å². The molecule has 0 saturated heterocycles. The summed E-state index contributed by atoms with van der Waals surface area (Å²) < 4.78 is 4.60. The van der Waals surface area contributed by atoms with Crippen molar-refractivity contribution in [3.05, 3.63) is 0 Å². The summed E-state index contributed by atoms with van der Waals surface area (Å²) in [5, 5.41) is 0. The highest BCUT2D eigenvalue weighted by Gasteiger charge is 2.37. The third kappa shape index (κ3) is 2.64. The maximum atomic E-state index is 11.6. The van der Waals surface area contributed by atoms with E-state index in [-0.39, 0.29) is 18.3 Å². The van der Waals surface area contributed by atoms with Gasteiger partial charge in [-0.3, -0.25) is 9.59 Å². The Kier molecular flexibility index (Phi) is 4.00. The van der Waals surface area contributed by atoms with Crippen molar-refractivity contribution in [1.29, 1.82) is 0 Å². The van der Waals surface area contributed by atoms with Crippen molar-refractivity contribution in [2.24, 2.45) is 11.8 Å². The molecule has 4 nitrogen and oxygen atoms in total. The molecule has 1 aliphatic rings. The zero-order valence-electron chi connectivity index (χ0n) is 9.12. The average Bonchev–Trinajstić information content (AvgIpc) is 2.21. The first-order chi connectivity index (χ1) is 7.07. The Bertz CT molecular complexity index is 282. The first kappa shape index (κ1) is 11.9. The molecule has 1 saturated carbocycles. The molecule has 0 heterocycles. The van der Waals surface area contributed by atoms with E-state index < -0.39 is 17.7 Å². The fourth-order valence-electron chi connectivity index (χ4n) is 1.86. The number of rotatable bonds is 3. The molecule has 0 aromatic carbocycles. The first-order valence-corrected chi connectivity index (χ1v) is 5.32. The minimum absolute atomic E-state index is 0.109. The van der Waals surface area contributed by atoms with Crippen molar-refractivity contribution in [2.75, 3.05) is 6.61 Å². The van der Waals surface area contributed by atoms with Crippen LogP contribution in [0.25, 0.3) is 0 Å². The number of Topliss-reactive ketones (excluding diaryl/α,β-unsaturated/α-hetero) is 2. The maximum absolute atomic E-state index is 11.6. The van der Waals surface area contributed by atoms with E-state index >= 15 is 0 Å². The number of carbonyl (C=O) groups is 3. The molecule has 0 spiro atoms. The van der Waals surface area contributed by atoms with Gasteiger partial charge in [0.15, 0.2) is 0 Å². The van der Waals surface area contributed by atoms with Gasteiger partial charge in [-0.05, 0) is 19.8 Å². The van der Waals surface area contributed by atoms with E-state index in [4.69, 9.17) is 0 Å². The zero-order valence-corrected chi connectivity index (χ0v) is 9.12. The van der Waals surface area contributed by atoms with Crippen LogP contribution in [0.5, 0.6) is 0 Å². The smallest absolute Gasteiger partial charge is 0.375 e. The van der Waals surface area contributed by atoms with Crippen molar-refractivity contribution < 1.29 is 19.1 Å². The van der Waals surface area contributed by atoms with E-state index in [0.29, 0.717) is 6.42 Å². The van der Waals surface area contributed by atoms with Gasteiger partial charge in [0.2, 0.25) is 5.78 Å². The second-order valence-electron chi connectivity index (χ2n) is 3.87. The third-order valence-electron chi connectivity index (χ3n) is 2.75. The molecule has 0 N–H and O–H groups in total. The predicted molar refractivity (Wildman–Crippen MR) is 53.2 cm³/mol. The number of ether oxygens (including phenoxy) is 1. The first-order valence-electron chi connectivity index (χ1n) is 5.32. The summed E-state index contributed by atoms with van der Waals surface area (Å²) >= 11 is 0. The predicted octanol–water partition coefficient (Wildman–Crippen LogP) is 1.12. The van der Waals surface area contributed by atoms with Gasteiger partial charge < -0.3 is 4.74 Å². The van der Waals surface area contributed by atoms with E-state index in [1.807, 2.05) is 0 Å². The lowest BCUT2D eigenvalue weighted by molar-refractivity contribution is -0.157. The third-order valence-corrected chi connectivity index (χ3v) is 2.75. The SMILES string of the molecule is CCOC(=O)C(=O)[C@H]1CCC[C@H](C)C1=O. The van der Waals surface area contributed by atoms with Gasteiger partial charge in [0.25, 0.3) is 0 Å². The molecule has 84 valence electrons. The fourth-order valence-corrected chi connectivity index (χ4v) is 1.86. The van der Waals surface area contributed by atoms with Crippen molar-refractivity contribution in [2.45, 2.75) is 33.1 Å². The molecule has 0 aromatic heterocycles. The van der Waals surface area contributed by atoms with Crippen LogP contribution in [-0.4, -0.2) is 24.1 Å². The highest BCUT2D eigenvalue weighted by atomic mass is 16.5. The summed E-state index contributed by atoms with van der Waals surface area (Å²) in [5.41, 5.74) is 0. The number of hydrogen-bond donors (Lipinski definition) is 0. The van der Waals surface area contributed by atoms with Gasteiger partial charge in [0.05, 0.1) is 12.5 Å². The van der Waals surface area contributed by atoms with Crippen LogP contribution in [0.2, 0.25) is 0 Å². The Morgan fingerprint density at radius 1 is 1.40 bits per heavy atom. The van der Waals surface area contributed by atoms with Gasteiger partial charge >= 0.3 is 5.97 Å². The summed E-state index contributed by atoms with van der Waals surface area (Å²) in [6, 6.07) is 0. The van der Waals surface area contributed by atoms with Crippen LogP contribution in [0.1, 0.15) is 33.1 Å². The Labute approximate surface area is 89.0 Å². The van der Waals surface area contributed by atoms with E-state index in [1.54, 1.807) is 13.8 Å². The second-order valence-corrected chi connectivity index (χ2v) is 3.87. The van der Waals surface area contributed by atoms with Crippen LogP contribution in [-0.2, 0) is 19.1 Å². The summed E-state index contributed by atoms with van der Waals surface area (Å²) in [4.78, 5) is 34.4. The summed E-state index contributed by atoms with van der Waals surface area (Å²) in [5.74, 6) is -2.52. The standard InChI is InChI=1S/C11H16O4/c1-3-15-11(14)10(13)8-6-4-5-7(2)9(8)12/h7-8H,3-6H2,1-2H3/t7-,8-/m0/s1. The van der Waals surface area contributed by atoms with Gasteiger partial charge in [0.1, 0.15) is 5.78 Å². The van der Waals surface area contributed by atoms with Crippen LogP contribution in [0.3, 0.4) is 0 Å². The molecule has 1 fully saturated rings. The second kappa shape index (κ2) is 5.05. The summed E-state index contributed by atoms with van der Waals surface area (Å²) in [7, 11) is 0. The van der Waals surface area contributed by atoms with E-state index in [9.17, 15) is 14.4 Å². The van der Waals surface area contributed by atoms with Crippen molar-refractivity contribution >= 4 is 17.5 Å². The molecule has 0 amide bonds. The van der Waals surface area contributed by atoms with E-state index in [0.717, 1.165) is 12.8 Å². The fraction of sp³-hybridized carbons (Fsp3) is 0.727. The van der Waals surface area contributed by atoms with Crippen LogP contribution in [0.4, 0.5) is 0 Å². The van der Waals surface area contributed by atoms with E-state index in [2.05, 4.69) is 4.74 Å². The minimum atomic E-state index is -0.870. The molecule has 1 rings (SSSR count). The summed E-state index contributed by atoms with van der Waals surface area (Å²) in [6.45, 7) is 3.60. The number of ketones is 2. The van der Waals surface area contributed by atoms with Gasteiger partial charge in [-0.25, -0.2) is 4.79 Å². The van der Waals surface area contributed by atoms with Crippen molar-refractivity contribution in [1.82, 2.24) is 0 Å². The summed E-state index contributed by atoms with van der Waals surface area (Å²) in [6.07, 6.45) is 2.12. The number of esters is 1. The monoisotopic (exact) mass is 212 g/mol. The molecule has 0 unspecified atom stereocenters. The Balaban J connectivity index is 2.66. The van der Waals surface area contributed by atoms with Crippen molar-refractivity contribution in [3.8, 4) is 0 Å². The average molecular weight is 212 g/mol. The molecular formula is C11H16O4. The van der Waals surface area contributed by atoms with Crippen LogP contribution in [0.15, 0.2) is 0 Å². The topological polar surface area (TPSA) is 60.4 Å². The molecule has 0 bridgehead atoms. The van der Waals surface area contributed by atoms with Gasteiger partial charge in [-0.2, -0.15) is 0 Å². The Morgan fingerprint density at radius 3 is 2.67 bits per heavy atom. The molecule has 0 radical (unpaired) electrons. The van der Waals surface area contributed by atoms with Crippen LogP contribution >= 0.6 is 0 Å². The lowest BCUT2D eigenvalue weighted by Crippen LogP contribution is -2.37. The number of carbonyl (C=O) groups excluding carboxylic acids is 3. The number of hydrogen-bond acceptors (Lipinski definition) is 4. The van der Waals surface area contributed by atoms with Crippen LogP contribution < -0.4 is 0 Å². The zero-order chi connectivity index (χ0) is 11.4. The lowest BCUT2D eigenvalue weighted by Gasteiger charge is -2.23. The normalized spacial score (nSPS) is 26.1. The molecule has 4 heteroatoms. The molecule has 0 aliphatic heterocycles. The Morgan fingerprint density at radius 2 is 2.07 bits per heavy atom. The molecule has 1 aliphatic carbocycles. The van der Waals surface area contributed by atoms with Crippen LogP contribution in [0, 0.1) is 11.8 Å². The minimum Gasteiger partial charge on any atom is -0.460 e. The maximum Gasteiger partial charge on any atom is 0.375 e. The molecule has 0 aromatic rings. The highest BCUT2D eigenvalue weighted by molar-refractivity contribution is 6.38. The Hall–Kier alpha value is -1.19. The van der Waals surface area contributed by atoms with Gasteiger partial charge in [0, 0.05) is 5.92 Å². The lowest BCUT2D eigenvalue weighted by atomic mass is 9.79. The quantitative estimate of drug-likeness (QED) is 0.399. The largest absolute Gasteiger partial charge is 0.460 e. The van der Waals surface area contributed by atoms with Gasteiger partial charge in [-0.15, -0.1) is 0 Å².